The molecule has 0 N–H and O–H groups in total. The van der Waals surface area contributed by atoms with Crippen LogP contribution in [0.4, 0.5) is 0 Å². The van der Waals surface area contributed by atoms with Crippen LogP contribution in [0.1, 0.15) is 0 Å². The molecule has 1 aromatic heterocycles. The average Bonchev–Trinajstić information content (AvgIpc) is 2.34. The maximum atomic E-state index is 11.6. The van der Waals surface area contributed by atoms with Gasteiger partial charge in [-0.25, -0.2) is 9.59 Å². The quantitative estimate of drug-likeness (QED) is 0.761. The molecule has 6 heteroatoms. The first-order valence-electron chi connectivity index (χ1n) is 4.84. The molecule has 0 amide bonds. The van der Waals surface area contributed by atoms with Crippen molar-refractivity contribution >= 4 is 10.9 Å². The van der Waals surface area contributed by atoms with Crippen molar-refractivity contribution in [1.29, 1.82) is 0 Å². The number of hydrogen-bond acceptors (Lipinski definition) is 5. The Morgan fingerprint density at radius 1 is 1.18 bits per heavy atom. The van der Waals surface area contributed by atoms with Crippen molar-refractivity contribution in [2.75, 3.05) is 14.2 Å². The molecular weight excluding hydrogens is 226 g/mol. The van der Waals surface area contributed by atoms with Crippen LogP contribution < -0.4 is 20.9 Å². The third-order valence-electron chi connectivity index (χ3n) is 2.53. The average molecular weight is 237 g/mol. The fourth-order valence-corrected chi connectivity index (χ4v) is 1.62. The van der Waals surface area contributed by atoms with Gasteiger partial charge in [-0.2, -0.15) is 0 Å². The molecule has 0 atom stereocenters. The van der Waals surface area contributed by atoms with E-state index in [1.807, 2.05) is 0 Å². The highest BCUT2D eigenvalue weighted by Crippen LogP contribution is 2.27. The first-order valence-corrected chi connectivity index (χ1v) is 4.84. The lowest BCUT2D eigenvalue weighted by Gasteiger charge is -2.09. The summed E-state index contributed by atoms with van der Waals surface area (Å²) in [4.78, 5) is 23.0. The number of ether oxygens (including phenoxy) is 2. The molecule has 90 valence electrons. The molecule has 0 aliphatic carbocycles. The molecule has 17 heavy (non-hydrogen) atoms. The zero-order valence-corrected chi connectivity index (χ0v) is 9.64. The molecule has 0 unspecified atom stereocenters. The summed E-state index contributed by atoms with van der Waals surface area (Å²) in [5.41, 5.74) is -0.315. The van der Waals surface area contributed by atoms with E-state index in [2.05, 4.69) is 4.42 Å². The minimum atomic E-state index is -0.724. The molecule has 0 fully saturated rings. The van der Waals surface area contributed by atoms with Crippen LogP contribution in [0.3, 0.4) is 0 Å². The smallest absolute Gasteiger partial charge is 0.422 e. The highest BCUT2D eigenvalue weighted by atomic mass is 16.5. The molecule has 0 bridgehead atoms. The molecule has 1 heterocycles. The Labute approximate surface area is 96.0 Å². The second-order valence-electron chi connectivity index (χ2n) is 3.44. The van der Waals surface area contributed by atoms with Gasteiger partial charge < -0.3 is 13.9 Å². The van der Waals surface area contributed by atoms with Crippen molar-refractivity contribution in [3.05, 3.63) is 33.1 Å². The second kappa shape index (κ2) is 3.97. The van der Waals surface area contributed by atoms with Gasteiger partial charge in [0.05, 0.1) is 19.7 Å². The van der Waals surface area contributed by atoms with E-state index in [1.165, 1.54) is 25.8 Å². The summed E-state index contributed by atoms with van der Waals surface area (Å²) in [6, 6.07) is 3.14. The predicted octanol–water partition coefficient (Wildman–Crippen LogP) is 0.509. The maximum absolute atomic E-state index is 11.6. The van der Waals surface area contributed by atoms with Gasteiger partial charge in [0.2, 0.25) is 0 Å². The van der Waals surface area contributed by atoms with E-state index < -0.39 is 11.4 Å². The molecule has 6 nitrogen and oxygen atoms in total. The summed E-state index contributed by atoms with van der Waals surface area (Å²) in [7, 11) is 4.43. The van der Waals surface area contributed by atoms with Crippen LogP contribution in [0, 0.1) is 0 Å². The number of methoxy groups -OCH3 is 2. The molecule has 0 spiro atoms. The summed E-state index contributed by atoms with van der Waals surface area (Å²) in [5, 5.41) is 0.218. The third-order valence-corrected chi connectivity index (χ3v) is 2.53. The van der Waals surface area contributed by atoms with Gasteiger partial charge in [0.15, 0.2) is 0 Å². The van der Waals surface area contributed by atoms with Crippen LogP contribution in [0.5, 0.6) is 11.5 Å². The SMILES string of the molecule is COc1cc(OC)c2c(=O)oc(=O)n(C)c2c1. The lowest BCUT2D eigenvalue weighted by atomic mass is 10.2. The number of fused-ring (bicyclic) bond motifs is 1. The van der Waals surface area contributed by atoms with Gasteiger partial charge in [-0.15, -0.1) is 0 Å². The standard InChI is InChI=1S/C11H11NO5/c1-12-7-4-6(15-2)5-8(16-3)9(7)10(13)17-11(12)14/h4-5H,1-3H3. The monoisotopic (exact) mass is 237 g/mol. The Bertz CT molecular complexity index is 683. The summed E-state index contributed by atoms with van der Waals surface area (Å²) in [6.45, 7) is 0. The van der Waals surface area contributed by atoms with Crippen LogP contribution in [0.15, 0.2) is 26.1 Å². The number of hydrogen-bond donors (Lipinski definition) is 0. The zero-order valence-electron chi connectivity index (χ0n) is 9.64. The maximum Gasteiger partial charge on any atom is 0.422 e. The summed E-state index contributed by atoms with van der Waals surface area (Å²) in [6.07, 6.45) is 0. The number of benzene rings is 1. The van der Waals surface area contributed by atoms with E-state index >= 15 is 0 Å². The molecular formula is C11H11NO5. The summed E-state index contributed by atoms with van der Waals surface area (Å²) < 4.78 is 16.0. The highest BCUT2D eigenvalue weighted by molar-refractivity contribution is 5.85. The predicted molar refractivity (Wildman–Crippen MR) is 60.8 cm³/mol. The van der Waals surface area contributed by atoms with Gasteiger partial charge in [0, 0.05) is 19.2 Å². The van der Waals surface area contributed by atoms with Crippen LogP contribution in [-0.4, -0.2) is 18.8 Å². The van der Waals surface area contributed by atoms with Crippen molar-refractivity contribution in [1.82, 2.24) is 4.57 Å². The zero-order chi connectivity index (χ0) is 12.6. The highest BCUT2D eigenvalue weighted by Gasteiger charge is 2.13. The van der Waals surface area contributed by atoms with E-state index in [4.69, 9.17) is 9.47 Å². The Kier molecular flexibility index (Phi) is 2.63. The molecule has 0 aliphatic heterocycles. The molecule has 0 radical (unpaired) electrons. The van der Waals surface area contributed by atoms with E-state index in [-0.39, 0.29) is 5.39 Å². The van der Waals surface area contributed by atoms with Crippen LogP contribution in [0.2, 0.25) is 0 Å². The molecule has 2 rings (SSSR count). The van der Waals surface area contributed by atoms with Gasteiger partial charge in [-0.3, -0.25) is 4.57 Å². The van der Waals surface area contributed by atoms with E-state index in [0.717, 1.165) is 0 Å². The van der Waals surface area contributed by atoms with Crippen LogP contribution >= 0.6 is 0 Å². The van der Waals surface area contributed by atoms with Crippen molar-refractivity contribution < 1.29 is 13.9 Å². The van der Waals surface area contributed by atoms with Crippen molar-refractivity contribution in [2.24, 2.45) is 7.05 Å². The number of rotatable bonds is 2. The fraction of sp³-hybridized carbons (Fsp3) is 0.273. The van der Waals surface area contributed by atoms with Crippen LogP contribution in [-0.2, 0) is 7.05 Å². The molecule has 1 aromatic carbocycles. The van der Waals surface area contributed by atoms with Gasteiger partial charge in [0.1, 0.15) is 16.9 Å². The molecule has 2 aromatic rings. The fourth-order valence-electron chi connectivity index (χ4n) is 1.62. The van der Waals surface area contributed by atoms with Gasteiger partial charge in [0.25, 0.3) is 0 Å². The Balaban J connectivity index is 3.04. The topological polar surface area (TPSA) is 70.7 Å². The second-order valence-corrected chi connectivity index (χ2v) is 3.44. The Hall–Kier alpha value is -2.24. The molecule has 0 aliphatic rings. The Morgan fingerprint density at radius 3 is 2.47 bits per heavy atom. The molecule has 0 saturated carbocycles. The lowest BCUT2D eigenvalue weighted by molar-refractivity contribution is 0.391. The minimum Gasteiger partial charge on any atom is -0.497 e. The van der Waals surface area contributed by atoms with E-state index in [0.29, 0.717) is 17.0 Å². The van der Waals surface area contributed by atoms with Gasteiger partial charge in [-0.1, -0.05) is 0 Å². The van der Waals surface area contributed by atoms with Gasteiger partial charge >= 0.3 is 11.4 Å². The first-order chi connectivity index (χ1) is 8.08. The number of aryl methyl sites for hydroxylation is 1. The van der Waals surface area contributed by atoms with Gasteiger partial charge in [-0.05, 0) is 0 Å². The largest absolute Gasteiger partial charge is 0.497 e. The lowest BCUT2D eigenvalue weighted by Crippen LogP contribution is -2.22. The summed E-state index contributed by atoms with van der Waals surface area (Å²) >= 11 is 0. The van der Waals surface area contributed by atoms with Crippen LogP contribution in [0.25, 0.3) is 10.9 Å². The van der Waals surface area contributed by atoms with Crippen molar-refractivity contribution in [3.63, 3.8) is 0 Å². The molecule has 0 saturated heterocycles. The third kappa shape index (κ3) is 1.67. The Morgan fingerprint density at radius 2 is 1.88 bits per heavy atom. The number of nitrogens with zero attached hydrogens (tertiary/aromatic N) is 1. The minimum absolute atomic E-state index is 0.218. The van der Waals surface area contributed by atoms with Crippen molar-refractivity contribution in [3.8, 4) is 11.5 Å². The first kappa shape index (κ1) is 11.3. The van der Waals surface area contributed by atoms with Crippen molar-refractivity contribution in [2.45, 2.75) is 0 Å². The van der Waals surface area contributed by atoms with E-state index in [9.17, 15) is 9.59 Å². The van der Waals surface area contributed by atoms with E-state index in [1.54, 1.807) is 12.1 Å². The summed E-state index contributed by atoms with van der Waals surface area (Å²) in [5.74, 6) is 0.0801. The normalized spacial score (nSPS) is 10.5. The number of aromatic nitrogens is 1.